The Morgan fingerprint density at radius 3 is 2.65 bits per heavy atom. The van der Waals surface area contributed by atoms with Crippen LogP contribution in [-0.4, -0.2) is 11.1 Å². The second-order valence-corrected chi connectivity index (χ2v) is 5.66. The summed E-state index contributed by atoms with van der Waals surface area (Å²) in [6.45, 7) is 6.14. The largest absolute Gasteiger partial charge is 0.480 e. The average molecular weight is 270 g/mol. The minimum Gasteiger partial charge on any atom is -0.480 e. The SMILES string of the molecule is CCCc1cc(C)cc(C2(C(=O)O)C=CC=CC2C)c1. The molecule has 2 atom stereocenters. The molecule has 0 bridgehead atoms. The molecule has 0 aromatic heterocycles. The summed E-state index contributed by atoms with van der Waals surface area (Å²) < 4.78 is 0. The van der Waals surface area contributed by atoms with E-state index in [1.54, 1.807) is 0 Å². The zero-order valence-electron chi connectivity index (χ0n) is 12.4. The van der Waals surface area contributed by atoms with Crippen molar-refractivity contribution in [2.24, 2.45) is 5.92 Å². The molecule has 0 heterocycles. The average Bonchev–Trinajstić information content (AvgIpc) is 2.38. The molecule has 1 aromatic rings. The van der Waals surface area contributed by atoms with Crippen LogP contribution < -0.4 is 0 Å². The summed E-state index contributed by atoms with van der Waals surface area (Å²) in [7, 11) is 0. The standard InChI is InChI=1S/C18H22O2/c1-4-7-15-10-13(2)11-16(12-15)18(17(19)20)9-6-5-8-14(18)3/h5-6,8-12,14H,4,7H2,1-3H3,(H,19,20). The van der Waals surface area contributed by atoms with Crippen LogP contribution in [0.2, 0.25) is 0 Å². The van der Waals surface area contributed by atoms with Gasteiger partial charge in [-0.25, -0.2) is 0 Å². The molecule has 1 aliphatic carbocycles. The Morgan fingerprint density at radius 2 is 2.05 bits per heavy atom. The molecule has 0 radical (unpaired) electrons. The molecule has 1 aliphatic rings. The van der Waals surface area contributed by atoms with Gasteiger partial charge in [-0.05, 0) is 30.4 Å². The molecule has 0 saturated carbocycles. The fourth-order valence-corrected chi connectivity index (χ4v) is 3.02. The summed E-state index contributed by atoms with van der Waals surface area (Å²) in [6, 6.07) is 6.22. The number of hydrogen-bond donors (Lipinski definition) is 1. The Bertz CT molecular complexity index is 569. The van der Waals surface area contributed by atoms with Gasteiger partial charge in [0.25, 0.3) is 0 Å². The van der Waals surface area contributed by atoms with Gasteiger partial charge in [0.1, 0.15) is 5.41 Å². The van der Waals surface area contributed by atoms with Crippen molar-refractivity contribution < 1.29 is 9.90 Å². The molecule has 1 aromatic carbocycles. The lowest BCUT2D eigenvalue weighted by molar-refractivity contribution is -0.143. The first-order chi connectivity index (χ1) is 9.50. The minimum absolute atomic E-state index is 0.0544. The van der Waals surface area contributed by atoms with Crippen LogP contribution in [0.5, 0.6) is 0 Å². The highest BCUT2D eigenvalue weighted by Crippen LogP contribution is 2.38. The number of hydrogen-bond acceptors (Lipinski definition) is 1. The molecular formula is C18H22O2. The number of aryl methyl sites for hydroxylation is 2. The van der Waals surface area contributed by atoms with Gasteiger partial charge in [0.05, 0.1) is 0 Å². The molecule has 2 heteroatoms. The van der Waals surface area contributed by atoms with E-state index in [0.717, 1.165) is 24.0 Å². The van der Waals surface area contributed by atoms with E-state index in [2.05, 4.69) is 19.1 Å². The van der Waals surface area contributed by atoms with Crippen LogP contribution >= 0.6 is 0 Å². The topological polar surface area (TPSA) is 37.3 Å². The lowest BCUT2D eigenvalue weighted by atomic mass is 9.68. The van der Waals surface area contributed by atoms with Crippen molar-refractivity contribution in [2.75, 3.05) is 0 Å². The van der Waals surface area contributed by atoms with Gasteiger partial charge in [0.15, 0.2) is 0 Å². The summed E-state index contributed by atoms with van der Waals surface area (Å²) in [5, 5.41) is 9.84. The third kappa shape index (κ3) is 2.43. The van der Waals surface area contributed by atoms with Crippen LogP contribution in [0.25, 0.3) is 0 Å². The van der Waals surface area contributed by atoms with Crippen LogP contribution in [-0.2, 0) is 16.6 Å². The van der Waals surface area contributed by atoms with Crippen molar-refractivity contribution >= 4 is 5.97 Å². The molecule has 2 nitrogen and oxygen atoms in total. The lowest BCUT2D eigenvalue weighted by Gasteiger charge is -2.33. The minimum atomic E-state index is -0.941. The van der Waals surface area contributed by atoms with Crippen molar-refractivity contribution in [1.29, 1.82) is 0 Å². The molecule has 106 valence electrons. The van der Waals surface area contributed by atoms with Crippen molar-refractivity contribution in [3.05, 3.63) is 59.2 Å². The van der Waals surface area contributed by atoms with Gasteiger partial charge in [-0.3, -0.25) is 4.79 Å². The van der Waals surface area contributed by atoms with Gasteiger partial charge in [-0.1, -0.05) is 68.3 Å². The predicted octanol–water partition coefficient (Wildman–Crippen LogP) is 4.03. The number of carboxylic acid groups (broad SMARTS) is 1. The highest BCUT2D eigenvalue weighted by molar-refractivity contribution is 5.85. The summed E-state index contributed by atoms with van der Waals surface area (Å²) in [5.74, 6) is -0.833. The maximum Gasteiger partial charge on any atom is 0.318 e. The quantitative estimate of drug-likeness (QED) is 0.896. The summed E-state index contributed by atoms with van der Waals surface area (Å²) in [6.07, 6.45) is 9.61. The van der Waals surface area contributed by atoms with Crippen molar-refractivity contribution in [1.82, 2.24) is 0 Å². The van der Waals surface area contributed by atoms with Crippen LogP contribution in [0.15, 0.2) is 42.5 Å². The third-order valence-corrected chi connectivity index (χ3v) is 4.10. The van der Waals surface area contributed by atoms with Crippen LogP contribution in [0.4, 0.5) is 0 Å². The Kier molecular flexibility index (Phi) is 4.12. The van der Waals surface area contributed by atoms with Crippen LogP contribution in [0, 0.1) is 12.8 Å². The van der Waals surface area contributed by atoms with Gasteiger partial charge < -0.3 is 5.11 Å². The number of rotatable bonds is 4. The molecule has 2 rings (SSSR count). The molecular weight excluding hydrogens is 248 g/mol. The molecule has 0 spiro atoms. The van der Waals surface area contributed by atoms with Crippen molar-refractivity contribution in [3.63, 3.8) is 0 Å². The second-order valence-electron chi connectivity index (χ2n) is 5.66. The van der Waals surface area contributed by atoms with Crippen molar-refractivity contribution in [2.45, 2.75) is 39.0 Å². The number of benzene rings is 1. The molecule has 0 amide bonds. The third-order valence-electron chi connectivity index (χ3n) is 4.10. The molecule has 0 saturated heterocycles. The van der Waals surface area contributed by atoms with E-state index in [1.165, 1.54) is 5.56 Å². The van der Waals surface area contributed by atoms with Gasteiger partial charge >= 0.3 is 5.97 Å². The van der Waals surface area contributed by atoms with Gasteiger partial charge in [0, 0.05) is 0 Å². The van der Waals surface area contributed by atoms with Gasteiger partial charge in [0.2, 0.25) is 0 Å². The van der Waals surface area contributed by atoms with E-state index in [1.807, 2.05) is 44.2 Å². The Morgan fingerprint density at radius 1 is 1.30 bits per heavy atom. The first-order valence-corrected chi connectivity index (χ1v) is 7.21. The molecule has 0 aliphatic heterocycles. The Labute approximate surface area is 120 Å². The van der Waals surface area contributed by atoms with E-state index in [0.29, 0.717) is 0 Å². The van der Waals surface area contributed by atoms with E-state index < -0.39 is 11.4 Å². The van der Waals surface area contributed by atoms with E-state index in [9.17, 15) is 9.90 Å². The van der Waals surface area contributed by atoms with Gasteiger partial charge in [-0.2, -0.15) is 0 Å². The van der Waals surface area contributed by atoms with E-state index in [4.69, 9.17) is 0 Å². The van der Waals surface area contributed by atoms with Crippen LogP contribution in [0.3, 0.4) is 0 Å². The van der Waals surface area contributed by atoms with E-state index in [-0.39, 0.29) is 5.92 Å². The first kappa shape index (κ1) is 14.6. The fraction of sp³-hybridized carbons (Fsp3) is 0.389. The Hall–Kier alpha value is -1.83. The van der Waals surface area contributed by atoms with Gasteiger partial charge in [-0.15, -0.1) is 0 Å². The molecule has 20 heavy (non-hydrogen) atoms. The molecule has 0 fully saturated rings. The normalized spacial score (nSPS) is 24.9. The number of allylic oxidation sites excluding steroid dienone is 3. The van der Waals surface area contributed by atoms with Crippen LogP contribution in [0.1, 0.15) is 37.0 Å². The molecule has 2 unspecified atom stereocenters. The van der Waals surface area contributed by atoms with E-state index >= 15 is 0 Å². The lowest BCUT2D eigenvalue weighted by Crippen LogP contribution is -2.40. The first-order valence-electron chi connectivity index (χ1n) is 7.21. The number of carboxylic acids is 1. The molecule has 1 N–H and O–H groups in total. The maximum atomic E-state index is 12.0. The summed E-state index contributed by atoms with van der Waals surface area (Å²) in [5.41, 5.74) is 2.30. The zero-order chi connectivity index (χ0) is 14.8. The predicted molar refractivity (Wildman–Crippen MR) is 81.9 cm³/mol. The smallest absolute Gasteiger partial charge is 0.318 e. The summed E-state index contributed by atoms with van der Waals surface area (Å²) >= 11 is 0. The highest BCUT2D eigenvalue weighted by Gasteiger charge is 2.43. The maximum absolute atomic E-state index is 12.0. The number of aliphatic carboxylic acids is 1. The van der Waals surface area contributed by atoms with Crippen molar-refractivity contribution in [3.8, 4) is 0 Å². The monoisotopic (exact) mass is 270 g/mol. The zero-order valence-corrected chi connectivity index (χ0v) is 12.4. The number of carbonyl (C=O) groups is 1. The Balaban J connectivity index is 2.58. The highest BCUT2D eigenvalue weighted by atomic mass is 16.4. The second kappa shape index (κ2) is 5.66. The fourth-order valence-electron chi connectivity index (χ4n) is 3.02. The summed E-state index contributed by atoms with van der Waals surface area (Å²) in [4.78, 5) is 12.0.